The zero-order valence-electron chi connectivity index (χ0n) is 22.9. The summed E-state index contributed by atoms with van der Waals surface area (Å²) >= 11 is 11.6. The minimum absolute atomic E-state index is 0. The first-order chi connectivity index (χ1) is 21.4. The van der Waals surface area contributed by atoms with Crippen molar-refractivity contribution in [3.63, 3.8) is 0 Å². The van der Waals surface area contributed by atoms with Gasteiger partial charge in [-0.1, -0.05) is 23.2 Å². The number of nitrogens with zero attached hydrogens (tertiary/aromatic N) is 4. The third-order valence-corrected chi connectivity index (χ3v) is 6.76. The van der Waals surface area contributed by atoms with Crippen LogP contribution in [0.2, 0.25) is 10.0 Å². The molecule has 0 saturated carbocycles. The van der Waals surface area contributed by atoms with Crippen molar-refractivity contribution in [3.05, 3.63) is 141 Å². The van der Waals surface area contributed by atoms with E-state index in [2.05, 4.69) is 31.0 Å². The molecule has 6 rings (SSSR count). The van der Waals surface area contributed by atoms with Crippen molar-refractivity contribution in [2.45, 2.75) is 0 Å². The van der Waals surface area contributed by atoms with Gasteiger partial charge in [-0.15, -0.1) is 0 Å². The van der Waals surface area contributed by atoms with Gasteiger partial charge in [0.2, 0.25) is 11.6 Å². The van der Waals surface area contributed by atoms with E-state index in [0.717, 1.165) is 11.4 Å². The number of aromatic nitrogens is 2. The summed E-state index contributed by atoms with van der Waals surface area (Å²) < 4.78 is 0. The summed E-state index contributed by atoms with van der Waals surface area (Å²) in [6.45, 7) is 0. The second-order valence-electron chi connectivity index (χ2n) is 9.12. The third-order valence-electron chi connectivity index (χ3n) is 6.26. The number of Topliss-reactive ketones (excluding diaryl/α,β-unsaturated/α-hetero) is 2. The number of carbonyl (C=O) groups is 4. The zero-order chi connectivity index (χ0) is 31.1. The Labute approximate surface area is 277 Å². The van der Waals surface area contributed by atoms with Crippen LogP contribution in [0, 0.1) is 0 Å². The molecule has 2 N–H and O–H groups in total. The predicted octanol–water partition coefficient (Wildman–Crippen LogP) is 5.74. The maximum atomic E-state index is 12.1. The van der Waals surface area contributed by atoms with E-state index in [1.807, 2.05) is 0 Å². The Hall–Kier alpha value is -5.07. The Kier molecular flexibility index (Phi) is 11.0. The zero-order valence-corrected chi connectivity index (χ0v) is 25.5. The average molecular weight is 682 g/mol. The second-order valence-corrected chi connectivity index (χ2v) is 10.00. The molecule has 0 bridgehead atoms. The molecule has 2 aromatic heterocycles. The van der Waals surface area contributed by atoms with Crippen LogP contribution in [-0.4, -0.2) is 45.5 Å². The summed E-state index contributed by atoms with van der Waals surface area (Å²) in [5, 5.41) is 9.75. The Balaban J connectivity index is 0.000000200. The van der Waals surface area contributed by atoms with Gasteiger partial charge >= 0.3 is 0 Å². The third kappa shape index (κ3) is 7.72. The van der Waals surface area contributed by atoms with Crippen molar-refractivity contribution in [3.8, 4) is 0 Å². The summed E-state index contributed by atoms with van der Waals surface area (Å²) in [5.41, 5.74) is 9.84. The molecule has 2 aliphatic carbocycles. The van der Waals surface area contributed by atoms with Crippen molar-refractivity contribution < 1.29 is 36.0 Å². The Bertz CT molecular complexity index is 1770. The van der Waals surface area contributed by atoms with Gasteiger partial charge in [-0.2, -0.15) is 10.2 Å². The predicted molar refractivity (Wildman–Crippen MR) is 169 cm³/mol. The second kappa shape index (κ2) is 15.1. The van der Waals surface area contributed by atoms with E-state index in [-0.39, 0.29) is 39.3 Å². The molecule has 1 radical (unpaired) electrons. The molecule has 4 aromatic rings. The SMILES string of the molecule is O=CC1=C/C(=N/Nc2ccc(Cl)cc2)c2cccnc2C1=O.O=CC1=C/C(=N/Nc2ccc(Cl)cc2)c2cccnc2C1=O.[Co]. The number of fused-ring (bicyclic) bond motifs is 2. The number of hydrogen-bond acceptors (Lipinski definition) is 10. The van der Waals surface area contributed by atoms with E-state index in [0.29, 0.717) is 45.2 Å². The van der Waals surface area contributed by atoms with Crippen LogP contribution in [0.25, 0.3) is 0 Å². The number of pyridine rings is 2. The number of carbonyl (C=O) groups excluding carboxylic acids is 4. The number of anilines is 2. The van der Waals surface area contributed by atoms with Gasteiger partial charge < -0.3 is 0 Å². The van der Waals surface area contributed by atoms with E-state index in [4.69, 9.17) is 23.2 Å². The van der Waals surface area contributed by atoms with Gasteiger partial charge in [-0.05, 0) is 84.9 Å². The first-order valence-electron chi connectivity index (χ1n) is 12.9. The van der Waals surface area contributed by atoms with E-state index in [9.17, 15) is 19.2 Å². The van der Waals surface area contributed by atoms with Crippen LogP contribution < -0.4 is 10.9 Å². The van der Waals surface area contributed by atoms with Crippen molar-refractivity contribution in [2.75, 3.05) is 10.9 Å². The van der Waals surface area contributed by atoms with Crippen LogP contribution in [0.3, 0.4) is 0 Å². The normalized spacial score (nSPS) is 14.9. The fourth-order valence-corrected chi connectivity index (χ4v) is 4.35. The van der Waals surface area contributed by atoms with E-state index >= 15 is 0 Å². The molecule has 0 spiro atoms. The minimum Gasteiger partial charge on any atom is -0.298 e. The first kappa shape index (κ1) is 32.8. The average Bonchev–Trinajstić information content (AvgIpc) is 3.06. The number of ketones is 2. The summed E-state index contributed by atoms with van der Waals surface area (Å²) in [5.74, 6) is -0.785. The maximum Gasteiger partial charge on any atom is 0.215 e. The molecule has 0 unspecified atom stereocenters. The van der Waals surface area contributed by atoms with Gasteiger partial charge in [0.25, 0.3) is 0 Å². The van der Waals surface area contributed by atoms with Crippen LogP contribution in [-0.2, 0) is 26.4 Å². The van der Waals surface area contributed by atoms with E-state index < -0.39 is 11.6 Å². The molecule has 2 aromatic carbocycles. The number of halogens is 2. The van der Waals surface area contributed by atoms with Crippen LogP contribution in [0.1, 0.15) is 32.1 Å². The largest absolute Gasteiger partial charge is 0.298 e. The smallest absolute Gasteiger partial charge is 0.215 e. The molecule has 0 aliphatic heterocycles. The molecular weight excluding hydrogens is 662 g/mol. The summed E-state index contributed by atoms with van der Waals surface area (Å²) in [4.78, 5) is 54.2. The first-order valence-corrected chi connectivity index (χ1v) is 13.7. The number of rotatable bonds is 6. The van der Waals surface area contributed by atoms with Gasteiger partial charge in [0.05, 0.1) is 33.9 Å². The number of aldehydes is 2. The Morgan fingerprint density at radius 3 is 1.33 bits per heavy atom. The van der Waals surface area contributed by atoms with Gasteiger partial charge in [0.1, 0.15) is 11.4 Å². The fraction of sp³-hybridized carbons (Fsp3) is 0. The van der Waals surface area contributed by atoms with Crippen LogP contribution in [0.15, 0.2) is 119 Å². The standard InChI is InChI=1S/2C16H10ClN3O2.Co/c2*17-11-3-5-12(6-4-11)19-20-14-8-10(9-21)16(22)15-13(14)2-1-7-18-15;/h2*1-9,19H;/b2*20-14-;. The van der Waals surface area contributed by atoms with Crippen molar-refractivity contribution in [1.29, 1.82) is 0 Å². The molecule has 10 nitrogen and oxygen atoms in total. The number of nitrogens with one attached hydrogen (secondary N) is 2. The van der Waals surface area contributed by atoms with Crippen LogP contribution in [0.5, 0.6) is 0 Å². The van der Waals surface area contributed by atoms with Crippen molar-refractivity contribution in [1.82, 2.24) is 9.97 Å². The topological polar surface area (TPSA) is 143 Å². The number of hydrazone groups is 2. The van der Waals surface area contributed by atoms with E-state index in [1.54, 1.807) is 72.8 Å². The number of benzene rings is 2. The van der Waals surface area contributed by atoms with Gasteiger partial charge in [0.15, 0.2) is 12.6 Å². The minimum atomic E-state index is -0.393. The molecule has 0 fully saturated rings. The van der Waals surface area contributed by atoms with Crippen LogP contribution >= 0.6 is 23.2 Å². The van der Waals surface area contributed by atoms with Crippen molar-refractivity contribution >= 4 is 70.1 Å². The van der Waals surface area contributed by atoms with Gasteiger partial charge in [-0.3, -0.25) is 40.0 Å². The van der Waals surface area contributed by atoms with Gasteiger partial charge in [-0.25, -0.2) is 0 Å². The molecule has 13 heteroatoms. The molecule has 2 aliphatic rings. The fourth-order valence-electron chi connectivity index (χ4n) is 4.10. The van der Waals surface area contributed by atoms with Crippen molar-refractivity contribution in [2.24, 2.45) is 10.2 Å². The molecule has 2 heterocycles. The molecule has 0 amide bonds. The molecule has 225 valence electrons. The molecule has 0 saturated heterocycles. The molecule has 45 heavy (non-hydrogen) atoms. The molecule has 0 atom stereocenters. The Morgan fingerprint density at radius 1 is 0.600 bits per heavy atom. The van der Waals surface area contributed by atoms with Gasteiger partial charge in [0, 0.05) is 50.3 Å². The van der Waals surface area contributed by atoms with Crippen LogP contribution in [0.4, 0.5) is 11.4 Å². The van der Waals surface area contributed by atoms with E-state index in [1.165, 1.54) is 24.5 Å². The maximum absolute atomic E-state index is 12.1. The monoisotopic (exact) mass is 681 g/mol. The summed E-state index contributed by atoms with van der Waals surface area (Å²) in [7, 11) is 0. The Morgan fingerprint density at radius 2 is 0.978 bits per heavy atom. The summed E-state index contributed by atoms with van der Waals surface area (Å²) in [6, 6.07) is 20.9. The number of hydrogen-bond donors (Lipinski definition) is 2. The number of allylic oxidation sites excluding steroid dienone is 4. The molecular formula is C32H20Cl2CoN6O4. The quantitative estimate of drug-likeness (QED) is 0.149. The summed E-state index contributed by atoms with van der Waals surface area (Å²) in [6.07, 6.45) is 6.93.